The van der Waals surface area contributed by atoms with Gasteiger partial charge in [0.05, 0.1) is 12.2 Å². The van der Waals surface area contributed by atoms with E-state index in [9.17, 15) is 4.79 Å². The molecular weight excluding hydrogens is 276 g/mol. The second-order valence-electron chi connectivity index (χ2n) is 4.26. The molecule has 2 aromatic carbocycles. The number of benzene rings is 2. The highest BCUT2D eigenvalue weighted by molar-refractivity contribution is 6.31. The Morgan fingerprint density at radius 1 is 1.10 bits per heavy atom. The Morgan fingerprint density at radius 3 is 2.35 bits per heavy atom. The first-order valence-corrected chi connectivity index (χ1v) is 6.69. The number of rotatable bonds is 4. The highest BCUT2D eigenvalue weighted by atomic mass is 35.5. The van der Waals surface area contributed by atoms with E-state index in [1.54, 1.807) is 37.3 Å². The maximum atomic E-state index is 11.5. The lowest BCUT2D eigenvalue weighted by molar-refractivity contribution is 0.0526. The molecule has 20 heavy (non-hydrogen) atoms. The molecule has 0 aliphatic heterocycles. The van der Waals surface area contributed by atoms with Crippen LogP contribution < -0.4 is 4.74 Å². The van der Waals surface area contributed by atoms with Gasteiger partial charge in [0.1, 0.15) is 11.5 Å². The molecule has 0 saturated heterocycles. The van der Waals surface area contributed by atoms with Gasteiger partial charge in [0.2, 0.25) is 0 Å². The van der Waals surface area contributed by atoms with Crippen LogP contribution in [0.2, 0.25) is 5.02 Å². The molecule has 4 heteroatoms. The van der Waals surface area contributed by atoms with Crippen LogP contribution in [-0.4, -0.2) is 12.6 Å². The van der Waals surface area contributed by atoms with Gasteiger partial charge < -0.3 is 9.47 Å². The molecule has 0 fully saturated rings. The van der Waals surface area contributed by atoms with Crippen molar-refractivity contribution >= 4 is 17.6 Å². The van der Waals surface area contributed by atoms with Gasteiger partial charge in [-0.25, -0.2) is 4.79 Å². The van der Waals surface area contributed by atoms with E-state index < -0.39 is 0 Å². The molecule has 0 unspecified atom stereocenters. The fraction of sp³-hybridized carbons (Fsp3) is 0.188. The minimum Gasteiger partial charge on any atom is -0.462 e. The minimum absolute atomic E-state index is 0.336. The number of halogens is 1. The summed E-state index contributed by atoms with van der Waals surface area (Å²) >= 11 is 6.04. The van der Waals surface area contributed by atoms with Crippen molar-refractivity contribution in [1.82, 2.24) is 0 Å². The summed E-state index contributed by atoms with van der Waals surface area (Å²) in [4.78, 5) is 11.5. The standard InChI is InChI=1S/C16H15ClO3/c1-3-19-16(18)12-5-8-13(9-6-12)20-14-7-4-11(2)15(17)10-14/h4-10H,3H2,1-2H3. The Hall–Kier alpha value is -2.00. The lowest BCUT2D eigenvalue weighted by atomic mass is 10.2. The molecule has 0 saturated carbocycles. The molecular formula is C16H15ClO3. The molecule has 0 radical (unpaired) electrons. The van der Waals surface area contributed by atoms with Crippen LogP contribution in [0.4, 0.5) is 0 Å². The molecule has 0 spiro atoms. The smallest absolute Gasteiger partial charge is 0.338 e. The Kier molecular flexibility index (Phi) is 4.64. The third kappa shape index (κ3) is 3.52. The first-order valence-electron chi connectivity index (χ1n) is 6.31. The van der Waals surface area contributed by atoms with Crippen molar-refractivity contribution in [2.75, 3.05) is 6.61 Å². The van der Waals surface area contributed by atoms with Crippen molar-refractivity contribution in [1.29, 1.82) is 0 Å². The average molecular weight is 291 g/mol. The van der Waals surface area contributed by atoms with Crippen LogP contribution in [0.25, 0.3) is 0 Å². The van der Waals surface area contributed by atoms with E-state index in [2.05, 4.69) is 0 Å². The highest BCUT2D eigenvalue weighted by Crippen LogP contribution is 2.26. The van der Waals surface area contributed by atoms with Crippen LogP contribution in [0.15, 0.2) is 42.5 Å². The first-order chi connectivity index (χ1) is 9.60. The summed E-state index contributed by atoms with van der Waals surface area (Å²) in [7, 11) is 0. The maximum absolute atomic E-state index is 11.5. The van der Waals surface area contributed by atoms with Crippen molar-refractivity contribution in [3.05, 3.63) is 58.6 Å². The summed E-state index contributed by atoms with van der Waals surface area (Å²) in [6, 6.07) is 12.3. The summed E-state index contributed by atoms with van der Waals surface area (Å²) in [5.74, 6) is 0.958. The zero-order chi connectivity index (χ0) is 14.5. The molecule has 0 bridgehead atoms. The number of hydrogen-bond acceptors (Lipinski definition) is 3. The van der Waals surface area contributed by atoms with Gasteiger partial charge in [-0.05, 0) is 55.8 Å². The predicted octanol–water partition coefficient (Wildman–Crippen LogP) is 4.62. The molecule has 0 atom stereocenters. The fourth-order valence-electron chi connectivity index (χ4n) is 1.65. The van der Waals surface area contributed by atoms with E-state index in [1.165, 1.54) is 0 Å². The van der Waals surface area contributed by atoms with Crippen LogP contribution in [0, 0.1) is 6.92 Å². The second kappa shape index (κ2) is 6.44. The zero-order valence-electron chi connectivity index (χ0n) is 11.4. The van der Waals surface area contributed by atoms with Gasteiger partial charge >= 0.3 is 5.97 Å². The quantitative estimate of drug-likeness (QED) is 0.771. The lowest BCUT2D eigenvalue weighted by Gasteiger charge is -2.08. The second-order valence-corrected chi connectivity index (χ2v) is 4.67. The van der Waals surface area contributed by atoms with Gasteiger partial charge in [-0.15, -0.1) is 0 Å². The van der Waals surface area contributed by atoms with E-state index in [1.807, 2.05) is 19.1 Å². The largest absolute Gasteiger partial charge is 0.462 e. The van der Waals surface area contributed by atoms with Gasteiger partial charge in [-0.1, -0.05) is 17.7 Å². The number of esters is 1. The van der Waals surface area contributed by atoms with Crippen molar-refractivity contribution in [2.24, 2.45) is 0 Å². The molecule has 3 nitrogen and oxygen atoms in total. The molecule has 0 aromatic heterocycles. The normalized spacial score (nSPS) is 10.2. The Labute approximate surface area is 123 Å². The molecule has 0 amide bonds. The number of hydrogen-bond donors (Lipinski definition) is 0. The van der Waals surface area contributed by atoms with Crippen LogP contribution in [0.5, 0.6) is 11.5 Å². The molecule has 0 heterocycles. The van der Waals surface area contributed by atoms with Crippen molar-refractivity contribution < 1.29 is 14.3 Å². The average Bonchev–Trinajstić information content (AvgIpc) is 2.44. The van der Waals surface area contributed by atoms with Crippen molar-refractivity contribution in [2.45, 2.75) is 13.8 Å². The van der Waals surface area contributed by atoms with Gasteiger partial charge in [-0.2, -0.15) is 0 Å². The van der Waals surface area contributed by atoms with Crippen molar-refractivity contribution in [3.63, 3.8) is 0 Å². The summed E-state index contributed by atoms with van der Waals surface area (Å²) in [5, 5.41) is 0.658. The fourth-order valence-corrected chi connectivity index (χ4v) is 1.82. The maximum Gasteiger partial charge on any atom is 0.338 e. The molecule has 0 aliphatic carbocycles. The molecule has 104 valence electrons. The Bertz CT molecular complexity index is 606. The first kappa shape index (κ1) is 14.4. The van der Waals surface area contributed by atoms with E-state index in [0.717, 1.165) is 5.56 Å². The number of ether oxygens (including phenoxy) is 2. The predicted molar refractivity (Wildman–Crippen MR) is 78.7 cm³/mol. The summed E-state index contributed by atoms with van der Waals surface area (Å²) in [6.07, 6.45) is 0. The Balaban J connectivity index is 2.10. The topological polar surface area (TPSA) is 35.5 Å². The van der Waals surface area contributed by atoms with Gasteiger partial charge in [-0.3, -0.25) is 0 Å². The van der Waals surface area contributed by atoms with E-state index in [4.69, 9.17) is 21.1 Å². The van der Waals surface area contributed by atoms with Gasteiger partial charge in [0.25, 0.3) is 0 Å². The van der Waals surface area contributed by atoms with Crippen LogP contribution in [-0.2, 0) is 4.74 Å². The monoisotopic (exact) mass is 290 g/mol. The van der Waals surface area contributed by atoms with Crippen LogP contribution in [0.1, 0.15) is 22.8 Å². The van der Waals surface area contributed by atoms with Gasteiger partial charge in [0, 0.05) is 5.02 Å². The highest BCUT2D eigenvalue weighted by Gasteiger charge is 2.06. The lowest BCUT2D eigenvalue weighted by Crippen LogP contribution is -2.03. The minimum atomic E-state index is -0.336. The van der Waals surface area contributed by atoms with E-state index in [-0.39, 0.29) is 5.97 Å². The molecule has 0 N–H and O–H groups in total. The summed E-state index contributed by atoms with van der Waals surface area (Å²) in [6.45, 7) is 4.07. The van der Waals surface area contributed by atoms with Gasteiger partial charge in [0.15, 0.2) is 0 Å². The van der Waals surface area contributed by atoms with Crippen molar-refractivity contribution in [3.8, 4) is 11.5 Å². The van der Waals surface area contributed by atoms with Crippen LogP contribution in [0.3, 0.4) is 0 Å². The third-order valence-electron chi connectivity index (χ3n) is 2.74. The molecule has 2 aromatic rings. The summed E-state index contributed by atoms with van der Waals surface area (Å²) < 4.78 is 10.6. The van der Waals surface area contributed by atoms with E-state index >= 15 is 0 Å². The van der Waals surface area contributed by atoms with E-state index in [0.29, 0.717) is 28.7 Å². The molecule has 0 aliphatic rings. The number of carbonyl (C=O) groups is 1. The zero-order valence-corrected chi connectivity index (χ0v) is 12.1. The van der Waals surface area contributed by atoms with Crippen LogP contribution >= 0.6 is 11.6 Å². The third-order valence-corrected chi connectivity index (χ3v) is 3.15. The Morgan fingerprint density at radius 2 is 1.75 bits per heavy atom. The molecule has 2 rings (SSSR count). The SMILES string of the molecule is CCOC(=O)c1ccc(Oc2ccc(C)c(Cl)c2)cc1. The number of aryl methyl sites for hydroxylation is 1. The summed E-state index contributed by atoms with van der Waals surface area (Å²) in [5.41, 5.74) is 1.50. The number of carbonyl (C=O) groups excluding carboxylic acids is 1.